The lowest BCUT2D eigenvalue weighted by atomic mass is 10.1. The van der Waals surface area contributed by atoms with Crippen molar-refractivity contribution < 1.29 is 9.53 Å². The van der Waals surface area contributed by atoms with Crippen LogP contribution in [0.1, 0.15) is 10.4 Å². The number of carbonyl (C=O) groups excluding carboxylic acids is 1. The van der Waals surface area contributed by atoms with Gasteiger partial charge in [-0.05, 0) is 30.3 Å². The molecule has 3 heterocycles. The van der Waals surface area contributed by atoms with Crippen molar-refractivity contribution in [3.8, 4) is 16.9 Å². The Kier molecular flexibility index (Phi) is 4.58. The summed E-state index contributed by atoms with van der Waals surface area (Å²) >= 11 is 6.28. The molecule has 1 N–H and O–H groups in total. The van der Waals surface area contributed by atoms with Gasteiger partial charge in [0.1, 0.15) is 0 Å². The van der Waals surface area contributed by atoms with Crippen LogP contribution in [0.3, 0.4) is 0 Å². The number of amides is 1. The Labute approximate surface area is 172 Å². The van der Waals surface area contributed by atoms with Gasteiger partial charge in [-0.2, -0.15) is 5.10 Å². The number of fused-ring (bicyclic) bond motifs is 1. The molecule has 1 saturated heterocycles. The largest absolute Gasteiger partial charge is 0.378 e. The normalized spacial score (nSPS) is 14.4. The van der Waals surface area contributed by atoms with Gasteiger partial charge in [-0.1, -0.05) is 29.8 Å². The summed E-state index contributed by atoms with van der Waals surface area (Å²) in [7, 11) is 0. The molecule has 1 amide bonds. The summed E-state index contributed by atoms with van der Waals surface area (Å²) in [6.45, 7) is 2.45. The van der Waals surface area contributed by atoms with Crippen LogP contribution in [0, 0.1) is 0 Å². The van der Waals surface area contributed by atoms with Gasteiger partial charge in [-0.3, -0.25) is 4.79 Å². The first-order valence-electron chi connectivity index (χ1n) is 9.49. The summed E-state index contributed by atoms with van der Waals surface area (Å²) in [5, 5.41) is 6.13. The Morgan fingerprint density at radius 3 is 2.76 bits per heavy atom. The van der Waals surface area contributed by atoms with E-state index in [0.29, 0.717) is 36.9 Å². The van der Waals surface area contributed by atoms with E-state index in [9.17, 15) is 4.79 Å². The van der Waals surface area contributed by atoms with E-state index >= 15 is 0 Å². The fourth-order valence-corrected chi connectivity index (χ4v) is 3.82. The molecular formula is C22H19ClN4O2. The molecule has 2 aromatic carbocycles. The maximum atomic E-state index is 12.7. The van der Waals surface area contributed by atoms with Crippen molar-refractivity contribution >= 4 is 28.4 Å². The second-order valence-corrected chi connectivity index (χ2v) is 7.42. The molecule has 4 aromatic rings. The van der Waals surface area contributed by atoms with Gasteiger partial charge in [0, 0.05) is 47.0 Å². The van der Waals surface area contributed by atoms with Gasteiger partial charge in [-0.25, -0.2) is 4.68 Å². The van der Waals surface area contributed by atoms with Gasteiger partial charge in [-0.15, -0.1) is 0 Å². The standard InChI is InChI=1S/C22H19ClN4O2/c23-18-3-1-2-4-21(18)27-14-17(13-24-27)20-11-15-5-6-16(12-19(15)25-20)22(28)26-7-9-29-10-8-26/h1-6,11-14,25H,7-10H2. The lowest BCUT2D eigenvalue weighted by Crippen LogP contribution is -2.40. The summed E-state index contributed by atoms with van der Waals surface area (Å²) in [5.74, 6) is 0.0397. The number of nitrogens with zero attached hydrogens (tertiary/aromatic N) is 3. The zero-order valence-electron chi connectivity index (χ0n) is 15.6. The molecule has 0 saturated carbocycles. The third-order valence-corrected chi connectivity index (χ3v) is 5.48. The Bertz CT molecular complexity index is 1190. The molecule has 146 valence electrons. The Balaban J connectivity index is 1.45. The number of aromatic amines is 1. The third kappa shape index (κ3) is 3.41. The minimum atomic E-state index is 0.0397. The molecule has 0 atom stereocenters. The highest BCUT2D eigenvalue weighted by Gasteiger charge is 2.19. The minimum Gasteiger partial charge on any atom is -0.378 e. The van der Waals surface area contributed by atoms with Crippen LogP contribution in [-0.4, -0.2) is 51.9 Å². The first kappa shape index (κ1) is 18.0. The van der Waals surface area contributed by atoms with Crippen molar-refractivity contribution in [3.05, 3.63) is 71.5 Å². The van der Waals surface area contributed by atoms with Crippen LogP contribution in [0.25, 0.3) is 27.8 Å². The first-order valence-corrected chi connectivity index (χ1v) is 9.86. The Hall–Kier alpha value is -3.09. The van der Waals surface area contributed by atoms with Crippen LogP contribution in [0.15, 0.2) is 60.9 Å². The minimum absolute atomic E-state index is 0.0397. The van der Waals surface area contributed by atoms with E-state index in [2.05, 4.69) is 16.1 Å². The molecule has 7 heteroatoms. The molecule has 6 nitrogen and oxygen atoms in total. The quantitative estimate of drug-likeness (QED) is 0.556. The van der Waals surface area contributed by atoms with E-state index in [1.807, 2.05) is 53.6 Å². The molecular weight excluding hydrogens is 388 g/mol. The second-order valence-electron chi connectivity index (χ2n) is 7.01. The molecule has 1 aliphatic heterocycles. The number of para-hydroxylation sites is 1. The fraction of sp³-hybridized carbons (Fsp3) is 0.182. The molecule has 0 unspecified atom stereocenters. The van der Waals surface area contributed by atoms with Crippen molar-refractivity contribution in [2.75, 3.05) is 26.3 Å². The third-order valence-electron chi connectivity index (χ3n) is 5.16. The van der Waals surface area contributed by atoms with E-state index in [1.54, 1.807) is 10.9 Å². The number of nitrogens with one attached hydrogen (secondary N) is 1. The molecule has 0 spiro atoms. The maximum absolute atomic E-state index is 12.7. The predicted octanol–water partition coefficient (Wildman–Crippen LogP) is 4.15. The summed E-state index contributed by atoms with van der Waals surface area (Å²) in [6.07, 6.45) is 3.74. The van der Waals surface area contributed by atoms with E-state index in [-0.39, 0.29) is 5.91 Å². The zero-order chi connectivity index (χ0) is 19.8. The van der Waals surface area contributed by atoms with Crippen molar-refractivity contribution in [1.82, 2.24) is 19.7 Å². The fourth-order valence-electron chi connectivity index (χ4n) is 3.60. The van der Waals surface area contributed by atoms with Gasteiger partial charge in [0.15, 0.2) is 0 Å². The highest BCUT2D eigenvalue weighted by Crippen LogP contribution is 2.27. The van der Waals surface area contributed by atoms with Crippen LogP contribution >= 0.6 is 11.6 Å². The van der Waals surface area contributed by atoms with E-state index in [4.69, 9.17) is 16.3 Å². The monoisotopic (exact) mass is 406 g/mol. The van der Waals surface area contributed by atoms with Crippen molar-refractivity contribution in [3.63, 3.8) is 0 Å². The van der Waals surface area contributed by atoms with Gasteiger partial charge in [0.25, 0.3) is 5.91 Å². The van der Waals surface area contributed by atoms with Crippen molar-refractivity contribution in [2.45, 2.75) is 0 Å². The molecule has 1 fully saturated rings. The van der Waals surface area contributed by atoms with Crippen molar-refractivity contribution in [2.24, 2.45) is 0 Å². The lowest BCUT2D eigenvalue weighted by Gasteiger charge is -2.26. The highest BCUT2D eigenvalue weighted by molar-refractivity contribution is 6.32. The van der Waals surface area contributed by atoms with Crippen LogP contribution in [0.5, 0.6) is 0 Å². The van der Waals surface area contributed by atoms with Crippen LogP contribution in [0.4, 0.5) is 0 Å². The second kappa shape index (κ2) is 7.39. The summed E-state index contributed by atoms with van der Waals surface area (Å²) in [6, 6.07) is 15.4. The summed E-state index contributed by atoms with van der Waals surface area (Å²) < 4.78 is 7.09. The zero-order valence-corrected chi connectivity index (χ0v) is 16.4. The number of rotatable bonds is 3. The predicted molar refractivity (Wildman–Crippen MR) is 113 cm³/mol. The number of hydrogen-bond acceptors (Lipinski definition) is 3. The number of carbonyl (C=O) groups is 1. The van der Waals surface area contributed by atoms with Gasteiger partial charge < -0.3 is 14.6 Å². The molecule has 5 rings (SSSR count). The topological polar surface area (TPSA) is 63.2 Å². The summed E-state index contributed by atoms with van der Waals surface area (Å²) in [5.41, 5.74) is 4.32. The van der Waals surface area contributed by atoms with Crippen LogP contribution in [0.2, 0.25) is 5.02 Å². The van der Waals surface area contributed by atoms with E-state index in [0.717, 1.165) is 27.8 Å². The first-order chi connectivity index (χ1) is 14.2. The van der Waals surface area contributed by atoms with E-state index in [1.165, 1.54) is 0 Å². The lowest BCUT2D eigenvalue weighted by molar-refractivity contribution is 0.0303. The van der Waals surface area contributed by atoms with E-state index < -0.39 is 0 Å². The number of halogens is 1. The number of ether oxygens (including phenoxy) is 1. The molecule has 1 aliphatic rings. The number of aromatic nitrogens is 3. The van der Waals surface area contributed by atoms with Crippen LogP contribution in [-0.2, 0) is 4.74 Å². The highest BCUT2D eigenvalue weighted by atomic mass is 35.5. The van der Waals surface area contributed by atoms with Gasteiger partial charge in [0.2, 0.25) is 0 Å². The number of hydrogen-bond donors (Lipinski definition) is 1. The maximum Gasteiger partial charge on any atom is 0.254 e. The number of benzene rings is 2. The van der Waals surface area contributed by atoms with Crippen molar-refractivity contribution in [1.29, 1.82) is 0 Å². The Morgan fingerprint density at radius 2 is 1.93 bits per heavy atom. The average molecular weight is 407 g/mol. The molecule has 2 aromatic heterocycles. The van der Waals surface area contributed by atoms with Crippen LogP contribution < -0.4 is 0 Å². The molecule has 0 bridgehead atoms. The van der Waals surface area contributed by atoms with Gasteiger partial charge >= 0.3 is 0 Å². The molecule has 0 aliphatic carbocycles. The molecule has 0 radical (unpaired) electrons. The number of H-pyrrole nitrogens is 1. The number of morpholine rings is 1. The summed E-state index contributed by atoms with van der Waals surface area (Å²) in [4.78, 5) is 18.0. The average Bonchev–Trinajstić information content (AvgIpc) is 3.40. The Morgan fingerprint density at radius 1 is 1.10 bits per heavy atom. The van der Waals surface area contributed by atoms with Gasteiger partial charge in [0.05, 0.1) is 30.1 Å². The smallest absolute Gasteiger partial charge is 0.254 e. The molecule has 29 heavy (non-hydrogen) atoms. The SMILES string of the molecule is O=C(c1ccc2cc(-c3cnn(-c4ccccc4Cl)c3)[nH]c2c1)N1CCOCC1.